The lowest BCUT2D eigenvalue weighted by Crippen LogP contribution is -2.43. The average Bonchev–Trinajstić information content (AvgIpc) is 2.40. The number of rotatable bonds is 3. The van der Waals surface area contributed by atoms with E-state index in [4.69, 9.17) is 5.73 Å². The second kappa shape index (κ2) is 6.48. The highest BCUT2D eigenvalue weighted by Crippen LogP contribution is 2.23. The first-order valence-electron chi connectivity index (χ1n) is 6.55. The molecule has 2 unspecified atom stereocenters. The number of hydrogen-bond acceptors (Lipinski definition) is 2. The molecule has 1 fully saturated rings. The highest BCUT2D eigenvalue weighted by molar-refractivity contribution is 9.10. The molecule has 19 heavy (non-hydrogen) atoms. The Morgan fingerprint density at radius 2 is 2.16 bits per heavy atom. The molecule has 0 radical (unpaired) electrons. The summed E-state index contributed by atoms with van der Waals surface area (Å²) in [5.74, 6) is -0.507. The smallest absolute Gasteiger partial charge is 0.224 e. The second-order valence-corrected chi connectivity index (χ2v) is 5.92. The van der Waals surface area contributed by atoms with Crippen molar-refractivity contribution in [3.63, 3.8) is 0 Å². The normalized spacial score (nSPS) is 23.1. The summed E-state index contributed by atoms with van der Waals surface area (Å²) in [6.45, 7) is 0.202. The third kappa shape index (κ3) is 3.76. The summed E-state index contributed by atoms with van der Waals surface area (Å²) in [7, 11) is 0. The zero-order valence-electron chi connectivity index (χ0n) is 10.7. The molecular formula is C14H18BrFN2O. The van der Waals surface area contributed by atoms with Crippen molar-refractivity contribution in [1.29, 1.82) is 0 Å². The fourth-order valence-corrected chi connectivity index (χ4v) is 2.89. The maximum absolute atomic E-state index is 13.5. The summed E-state index contributed by atoms with van der Waals surface area (Å²) >= 11 is 3.29. The summed E-state index contributed by atoms with van der Waals surface area (Å²) in [5.41, 5.74) is 6.44. The monoisotopic (exact) mass is 328 g/mol. The van der Waals surface area contributed by atoms with Gasteiger partial charge in [-0.2, -0.15) is 0 Å². The molecule has 104 valence electrons. The van der Waals surface area contributed by atoms with Gasteiger partial charge in [-0.3, -0.25) is 4.79 Å². The molecular weight excluding hydrogens is 311 g/mol. The van der Waals surface area contributed by atoms with Crippen molar-refractivity contribution in [3.05, 3.63) is 34.1 Å². The van der Waals surface area contributed by atoms with Crippen molar-refractivity contribution < 1.29 is 9.18 Å². The van der Waals surface area contributed by atoms with Gasteiger partial charge in [-0.25, -0.2) is 4.39 Å². The minimum absolute atomic E-state index is 0.0634. The van der Waals surface area contributed by atoms with E-state index < -0.39 is 0 Å². The fraction of sp³-hybridized carbons (Fsp3) is 0.500. The molecule has 5 heteroatoms. The van der Waals surface area contributed by atoms with E-state index >= 15 is 0 Å². The lowest BCUT2D eigenvalue weighted by molar-refractivity contribution is -0.126. The third-order valence-electron chi connectivity index (χ3n) is 3.62. The predicted octanol–water partition coefficient (Wildman–Crippen LogP) is 2.72. The molecule has 1 amide bonds. The molecule has 0 aromatic heterocycles. The zero-order chi connectivity index (χ0) is 13.8. The van der Waals surface area contributed by atoms with Crippen LogP contribution in [-0.2, 0) is 11.3 Å². The lowest BCUT2D eigenvalue weighted by Gasteiger charge is -2.27. The molecule has 1 aromatic carbocycles. The van der Waals surface area contributed by atoms with Gasteiger partial charge in [-0.1, -0.05) is 28.8 Å². The number of benzene rings is 1. The van der Waals surface area contributed by atoms with E-state index in [0.29, 0.717) is 5.56 Å². The highest BCUT2D eigenvalue weighted by Gasteiger charge is 2.27. The van der Waals surface area contributed by atoms with Crippen LogP contribution < -0.4 is 11.1 Å². The maximum Gasteiger partial charge on any atom is 0.224 e. The van der Waals surface area contributed by atoms with Gasteiger partial charge in [0.2, 0.25) is 5.91 Å². The standard InChI is InChI=1S/C14H18BrFN2O/c15-10-5-6-12(16)9(7-10)8-18-14(19)11-3-1-2-4-13(11)17/h5-7,11,13H,1-4,8,17H2,(H,18,19). The molecule has 0 heterocycles. The molecule has 1 saturated carbocycles. The van der Waals surface area contributed by atoms with E-state index in [9.17, 15) is 9.18 Å². The molecule has 0 aliphatic heterocycles. The molecule has 3 N–H and O–H groups in total. The summed E-state index contributed by atoms with van der Waals surface area (Å²) in [6, 6.07) is 4.63. The van der Waals surface area contributed by atoms with Crippen molar-refractivity contribution in [2.75, 3.05) is 0 Å². The summed E-state index contributed by atoms with van der Waals surface area (Å²) in [4.78, 5) is 12.1. The highest BCUT2D eigenvalue weighted by atomic mass is 79.9. The van der Waals surface area contributed by atoms with Crippen molar-refractivity contribution in [2.45, 2.75) is 38.3 Å². The van der Waals surface area contributed by atoms with E-state index in [2.05, 4.69) is 21.2 Å². The quantitative estimate of drug-likeness (QED) is 0.896. The van der Waals surface area contributed by atoms with E-state index in [0.717, 1.165) is 30.2 Å². The minimum Gasteiger partial charge on any atom is -0.352 e. The van der Waals surface area contributed by atoms with Gasteiger partial charge in [0.1, 0.15) is 5.82 Å². The van der Waals surface area contributed by atoms with E-state index in [1.165, 1.54) is 6.07 Å². The van der Waals surface area contributed by atoms with Crippen molar-refractivity contribution in [1.82, 2.24) is 5.32 Å². The van der Waals surface area contributed by atoms with Gasteiger partial charge in [0.05, 0.1) is 5.92 Å². The topological polar surface area (TPSA) is 55.1 Å². The van der Waals surface area contributed by atoms with Crippen LogP contribution >= 0.6 is 15.9 Å². The average molecular weight is 329 g/mol. The zero-order valence-corrected chi connectivity index (χ0v) is 12.2. The van der Waals surface area contributed by atoms with Gasteiger partial charge in [-0.15, -0.1) is 0 Å². The van der Waals surface area contributed by atoms with Crippen LogP contribution in [0, 0.1) is 11.7 Å². The SMILES string of the molecule is NC1CCCCC1C(=O)NCc1cc(Br)ccc1F. The van der Waals surface area contributed by atoms with Crippen LogP contribution in [0.4, 0.5) is 4.39 Å². The first-order valence-corrected chi connectivity index (χ1v) is 7.34. The molecule has 0 saturated heterocycles. The minimum atomic E-state index is -0.309. The summed E-state index contributed by atoms with van der Waals surface area (Å²) in [5, 5.41) is 2.79. The Hall–Kier alpha value is -0.940. The van der Waals surface area contributed by atoms with Gasteiger partial charge in [0, 0.05) is 22.6 Å². The Balaban J connectivity index is 1.94. The first-order chi connectivity index (χ1) is 9.08. The molecule has 1 aromatic rings. The van der Waals surface area contributed by atoms with Gasteiger partial charge in [0.15, 0.2) is 0 Å². The van der Waals surface area contributed by atoms with Crippen molar-refractivity contribution in [2.24, 2.45) is 11.7 Å². The van der Waals surface area contributed by atoms with E-state index in [1.54, 1.807) is 12.1 Å². The number of halogens is 2. The summed E-state index contributed by atoms with van der Waals surface area (Å²) in [6.07, 6.45) is 3.85. The van der Waals surface area contributed by atoms with E-state index in [-0.39, 0.29) is 30.2 Å². The van der Waals surface area contributed by atoms with Crippen LogP contribution in [0.3, 0.4) is 0 Å². The van der Waals surface area contributed by atoms with Crippen LogP contribution in [0.1, 0.15) is 31.2 Å². The number of amides is 1. The molecule has 1 aliphatic rings. The Kier molecular flexibility index (Phi) is 4.93. The van der Waals surface area contributed by atoms with Crippen molar-refractivity contribution >= 4 is 21.8 Å². The van der Waals surface area contributed by atoms with Crippen LogP contribution in [0.15, 0.2) is 22.7 Å². The van der Waals surface area contributed by atoms with Crippen molar-refractivity contribution in [3.8, 4) is 0 Å². The van der Waals surface area contributed by atoms with Crippen LogP contribution in [-0.4, -0.2) is 11.9 Å². The van der Waals surface area contributed by atoms with Gasteiger partial charge in [-0.05, 0) is 31.0 Å². The first kappa shape index (κ1) is 14.5. The van der Waals surface area contributed by atoms with Gasteiger partial charge < -0.3 is 11.1 Å². The number of nitrogens with two attached hydrogens (primary N) is 1. The molecule has 0 bridgehead atoms. The van der Waals surface area contributed by atoms with E-state index in [1.807, 2.05) is 0 Å². The Morgan fingerprint density at radius 3 is 2.89 bits per heavy atom. The fourth-order valence-electron chi connectivity index (χ4n) is 2.48. The number of nitrogens with one attached hydrogen (secondary N) is 1. The Morgan fingerprint density at radius 1 is 1.42 bits per heavy atom. The Bertz CT molecular complexity index is 467. The second-order valence-electron chi connectivity index (χ2n) is 5.01. The Labute approximate surface area is 120 Å². The molecule has 1 aliphatic carbocycles. The van der Waals surface area contributed by atoms with Crippen LogP contribution in [0.25, 0.3) is 0 Å². The third-order valence-corrected chi connectivity index (χ3v) is 4.11. The van der Waals surface area contributed by atoms with Gasteiger partial charge >= 0.3 is 0 Å². The number of hydrogen-bond donors (Lipinski definition) is 2. The molecule has 2 rings (SSSR count). The van der Waals surface area contributed by atoms with Crippen LogP contribution in [0.5, 0.6) is 0 Å². The number of carbonyl (C=O) groups is 1. The molecule has 3 nitrogen and oxygen atoms in total. The summed E-state index contributed by atoms with van der Waals surface area (Å²) < 4.78 is 14.3. The maximum atomic E-state index is 13.5. The number of carbonyl (C=O) groups excluding carboxylic acids is 1. The predicted molar refractivity (Wildman–Crippen MR) is 75.9 cm³/mol. The molecule has 2 atom stereocenters. The largest absolute Gasteiger partial charge is 0.352 e. The van der Waals surface area contributed by atoms with Gasteiger partial charge in [0.25, 0.3) is 0 Å². The van der Waals surface area contributed by atoms with Crippen LogP contribution in [0.2, 0.25) is 0 Å². The molecule has 0 spiro atoms. The lowest BCUT2D eigenvalue weighted by atomic mass is 9.84.